The summed E-state index contributed by atoms with van der Waals surface area (Å²) in [5.41, 5.74) is 10.4. The first kappa shape index (κ1) is 15.7. The molecule has 0 radical (unpaired) electrons. The van der Waals surface area contributed by atoms with Crippen molar-refractivity contribution in [2.45, 2.75) is 50.2 Å². The summed E-state index contributed by atoms with van der Waals surface area (Å²) in [5, 5.41) is 0.826. The number of guanidine groups is 1. The van der Waals surface area contributed by atoms with Crippen molar-refractivity contribution in [3.05, 3.63) is 0 Å². The van der Waals surface area contributed by atoms with Gasteiger partial charge in [-0.2, -0.15) is 0 Å². The van der Waals surface area contributed by atoms with E-state index in [0.29, 0.717) is 25.2 Å². The van der Waals surface area contributed by atoms with Crippen LogP contribution in [0, 0.1) is 0 Å². The van der Waals surface area contributed by atoms with Gasteiger partial charge >= 0.3 is 0 Å². The van der Waals surface area contributed by atoms with E-state index in [1.54, 1.807) is 0 Å². The van der Waals surface area contributed by atoms with Crippen molar-refractivity contribution in [1.82, 2.24) is 0 Å². The van der Waals surface area contributed by atoms with Crippen LogP contribution in [0.1, 0.15) is 44.9 Å². The van der Waals surface area contributed by atoms with Crippen molar-refractivity contribution >= 4 is 33.3 Å². The SMILES string of the molecule is NC(N)=NCCCC(=O)CCCCC1CCSS1. The van der Waals surface area contributed by atoms with Gasteiger partial charge in [-0.05, 0) is 25.7 Å². The Kier molecular flexibility index (Phi) is 8.33. The molecule has 18 heavy (non-hydrogen) atoms. The molecular weight excluding hydrogens is 266 g/mol. The Morgan fingerprint density at radius 2 is 2.00 bits per heavy atom. The molecule has 104 valence electrons. The van der Waals surface area contributed by atoms with E-state index in [2.05, 4.69) is 4.99 Å². The summed E-state index contributed by atoms with van der Waals surface area (Å²) in [6.45, 7) is 0.560. The van der Waals surface area contributed by atoms with Crippen LogP contribution in [0.25, 0.3) is 0 Å². The number of nitrogens with zero attached hydrogens (tertiary/aromatic N) is 1. The van der Waals surface area contributed by atoms with Gasteiger partial charge in [-0.1, -0.05) is 28.0 Å². The highest BCUT2D eigenvalue weighted by molar-refractivity contribution is 8.77. The Labute approximate surface area is 117 Å². The maximum absolute atomic E-state index is 11.6. The summed E-state index contributed by atoms with van der Waals surface area (Å²) < 4.78 is 0. The van der Waals surface area contributed by atoms with E-state index in [0.717, 1.165) is 18.1 Å². The number of Topliss-reactive ketones (excluding diaryl/α,β-unsaturated/α-hetero) is 1. The number of hydrogen-bond acceptors (Lipinski definition) is 4. The highest BCUT2D eigenvalue weighted by atomic mass is 33.1. The minimum absolute atomic E-state index is 0.106. The van der Waals surface area contributed by atoms with E-state index in [1.165, 1.54) is 25.0 Å². The number of carbonyl (C=O) groups is 1. The second-order valence-electron chi connectivity index (χ2n) is 4.52. The standard InChI is InChI=1S/C12H23N3OS2/c13-12(14)15-8-3-5-10(16)4-1-2-6-11-7-9-17-18-11/h11H,1-9H2,(H4,13,14,15). The molecule has 0 aromatic carbocycles. The Hall–Kier alpha value is -0.360. The first-order valence-electron chi connectivity index (χ1n) is 6.54. The van der Waals surface area contributed by atoms with Gasteiger partial charge in [-0.25, -0.2) is 0 Å². The van der Waals surface area contributed by atoms with E-state index < -0.39 is 0 Å². The minimum atomic E-state index is 0.106. The third-order valence-corrected chi connectivity index (χ3v) is 5.87. The lowest BCUT2D eigenvalue weighted by molar-refractivity contribution is -0.119. The molecule has 1 unspecified atom stereocenters. The molecule has 1 fully saturated rings. The molecule has 0 spiro atoms. The normalized spacial score (nSPS) is 18.8. The number of aliphatic imine (C=N–C) groups is 1. The number of ketones is 1. The number of carbonyl (C=O) groups excluding carboxylic acids is 1. The molecule has 1 saturated heterocycles. The zero-order valence-electron chi connectivity index (χ0n) is 10.8. The van der Waals surface area contributed by atoms with Crippen LogP contribution >= 0.6 is 21.6 Å². The summed E-state index contributed by atoms with van der Waals surface area (Å²) >= 11 is 0. The quantitative estimate of drug-likeness (QED) is 0.295. The number of unbranched alkanes of at least 4 members (excludes halogenated alkanes) is 1. The Bertz CT molecular complexity index is 274. The molecule has 0 aromatic rings. The van der Waals surface area contributed by atoms with Gasteiger partial charge in [0.1, 0.15) is 5.78 Å². The monoisotopic (exact) mass is 289 g/mol. The van der Waals surface area contributed by atoms with E-state index in [4.69, 9.17) is 11.5 Å². The molecule has 4 nitrogen and oxygen atoms in total. The molecule has 6 heteroatoms. The fourth-order valence-corrected chi connectivity index (χ4v) is 4.90. The first-order chi connectivity index (χ1) is 8.68. The van der Waals surface area contributed by atoms with E-state index in [1.807, 2.05) is 21.6 Å². The van der Waals surface area contributed by atoms with Gasteiger partial charge < -0.3 is 11.5 Å². The van der Waals surface area contributed by atoms with Crippen molar-refractivity contribution in [3.63, 3.8) is 0 Å². The van der Waals surface area contributed by atoms with Crippen molar-refractivity contribution in [1.29, 1.82) is 0 Å². The van der Waals surface area contributed by atoms with Gasteiger partial charge in [-0.3, -0.25) is 9.79 Å². The molecule has 1 heterocycles. The third-order valence-electron chi connectivity index (χ3n) is 2.87. The fraction of sp³-hybridized carbons (Fsp3) is 0.833. The highest BCUT2D eigenvalue weighted by Gasteiger charge is 2.15. The van der Waals surface area contributed by atoms with Gasteiger partial charge in [-0.15, -0.1) is 0 Å². The first-order valence-corrected chi connectivity index (χ1v) is 8.92. The van der Waals surface area contributed by atoms with E-state index in [-0.39, 0.29) is 5.96 Å². The average molecular weight is 289 g/mol. The lowest BCUT2D eigenvalue weighted by atomic mass is 10.1. The fourth-order valence-electron chi connectivity index (χ4n) is 1.87. The zero-order chi connectivity index (χ0) is 13.2. The zero-order valence-corrected chi connectivity index (χ0v) is 12.4. The molecular formula is C12H23N3OS2. The van der Waals surface area contributed by atoms with Gasteiger partial charge in [0, 0.05) is 30.4 Å². The molecule has 0 bridgehead atoms. The third kappa shape index (κ3) is 7.87. The Morgan fingerprint density at radius 1 is 1.22 bits per heavy atom. The smallest absolute Gasteiger partial charge is 0.185 e. The maximum atomic E-state index is 11.6. The van der Waals surface area contributed by atoms with Crippen LogP contribution in [0.5, 0.6) is 0 Å². The second-order valence-corrected chi connectivity index (χ2v) is 7.31. The van der Waals surface area contributed by atoms with Crippen LogP contribution < -0.4 is 11.5 Å². The number of nitrogens with two attached hydrogens (primary N) is 2. The summed E-state index contributed by atoms with van der Waals surface area (Å²) in [6, 6.07) is 0. The van der Waals surface area contributed by atoms with Gasteiger partial charge in [0.25, 0.3) is 0 Å². The predicted molar refractivity (Wildman–Crippen MR) is 81.8 cm³/mol. The minimum Gasteiger partial charge on any atom is -0.370 e. The van der Waals surface area contributed by atoms with Crippen LogP contribution in [0.2, 0.25) is 0 Å². The van der Waals surface area contributed by atoms with Crippen molar-refractivity contribution < 1.29 is 4.79 Å². The predicted octanol–water partition coefficient (Wildman–Crippen LogP) is 2.32. The van der Waals surface area contributed by atoms with Crippen LogP contribution in [0.15, 0.2) is 4.99 Å². The van der Waals surface area contributed by atoms with Crippen LogP contribution in [-0.4, -0.2) is 29.3 Å². The maximum Gasteiger partial charge on any atom is 0.185 e. The summed E-state index contributed by atoms with van der Waals surface area (Å²) in [6.07, 6.45) is 6.88. The largest absolute Gasteiger partial charge is 0.370 e. The lowest BCUT2D eigenvalue weighted by Gasteiger charge is -2.06. The van der Waals surface area contributed by atoms with E-state index in [9.17, 15) is 4.79 Å². The molecule has 0 amide bonds. The van der Waals surface area contributed by atoms with Crippen LogP contribution in [-0.2, 0) is 4.79 Å². The topological polar surface area (TPSA) is 81.5 Å². The average Bonchev–Trinajstić information content (AvgIpc) is 2.83. The number of rotatable bonds is 9. The molecule has 1 rings (SSSR count). The summed E-state index contributed by atoms with van der Waals surface area (Å²) in [7, 11) is 3.99. The van der Waals surface area contributed by atoms with Crippen molar-refractivity contribution in [2.24, 2.45) is 16.5 Å². The molecule has 1 aliphatic rings. The van der Waals surface area contributed by atoms with Gasteiger partial charge in [0.2, 0.25) is 0 Å². The highest BCUT2D eigenvalue weighted by Crippen LogP contribution is 2.39. The number of hydrogen-bond donors (Lipinski definition) is 2. The molecule has 1 aliphatic heterocycles. The van der Waals surface area contributed by atoms with Crippen molar-refractivity contribution in [2.75, 3.05) is 12.3 Å². The molecule has 1 atom stereocenters. The van der Waals surface area contributed by atoms with Crippen LogP contribution in [0.3, 0.4) is 0 Å². The lowest BCUT2D eigenvalue weighted by Crippen LogP contribution is -2.23. The van der Waals surface area contributed by atoms with Gasteiger partial charge in [0.05, 0.1) is 0 Å². The molecule has 0 aromatic heterocycles. The van der Waals surface area contributed by atoms with Crippen molar-refractivity contribution in [3.8, 4) is 0 Å². The van der Waals surface area contributed by atoms with E-state index >= 15 is 0 Å². The molecule has 0 aliphatic carbocycles. The Morgan fingerprint density at radius 3 is 2.67 bits per heavy atom. The molecule has 0 saturated carbocycles. The summed E-state index contributed by atoms with van der Waals surface area (Å²) in [4.78, 5) is 15.4. The second kappa shape index (κ2) is 9.55. The Balaban J connectivity index is 1.91. The molecule has 4 N–H and O–H groups in total. The van der Waals surface area contributed by atoms with Crippen LogP contribution in [0.4, 0.5) is 0 Å². The summed E-state index contributed by atoms with van der Waals surface area (Å²) in [5.74, 6) is 1.74. The van der Waals surface area contributed by atoms with Gasteiger partial charge in [0.15, 0.2) is 5.96 Å².